The molecule has 2 atom stereocenters. The monoisotopic (exact) mass is 544 g/mol. The zero-order valence-corrected chi connectivity index (χ0v) is 23.9. The molecule has 1 fully saturated rings. The van der Waals surface area contributed by atoms with Crippen LogP contribution in [0.1, 0.15) is 85.9 Å². The van der Waals surface area contributed by atoms with Gasteiger partial charge in [-0.25, -0.2) is 0 Å². The number of rotatable bonds is 6. The van der Waals surface area contributed by atoms with Gasteiger partial charge in [0.2, 0.25) is 0 Å². The van der Waals surface area contributed by atoms with Crippen LogP contribution in [-0.2, 0) is 45.9 Å². The molecule has 2 aromatic carbocycles. The molecule has 0 spiro atoms. The van der Waals surface area contributed by atoms with Crippen LogP contribution in [-0.4, -0.2) is 0 Å². The van der Waals surface area contributed by atoms with E-state index in [9.17, 15) is 0 Å². The standard InChI is InChI=1S/2C13H15.C3H6.2ClH.Zr/c2*1-3-10-8-9-11(4-2)13-7-5-6-12(10)13;1-3-2;;;/h2*5-9H,3-4H2,1-2H3;1-3H2;2*1H;/q;;;;;+2/p-2. The fourth-order valence-corrected chi connectivity index (χ4v) is 20.5. The quantitative estimate of drug-likeness (QED) is 0.521. The van der Waals surface area contributed by atoms with E-state index >= 15 is 0 Å². The first-order chi connectivity index (χ1) is 14.7. The molecule has 2 aromatic rings. The van der Waals surface area contributed by atoms with Crippen molar-refractivity contribution in [1.29, 1.82) is 0 Å². The van der Waals surface area contributed by atoms with E-state index in [2.05, 4.69) is 76.3 Å². The Bertz CT molecular complexity index is 966. The maximum absolute atomic E-state index is 2.68. The topological polar surface area (TPSA) is 0 Å². The Morgan fingerprint density at radius 2 is 1.00 bits per heavy atom. The molecule has 1 saturated heterocycles. The van der Waals surface area contributed by atoms with E-state index in [-0.39, 0.29) is 24.8 Å². The van der Waals surface area contributed by atoms with Crippen molar-refractivity contribution < 1.29 is 45.1 Å². The number of allylic oxidation sites excluding steroid dienone is 2. The van der Waals surface area contributed by atoms with Crippen LogP contribution in [0.4, 0.5) is 0 Å². The van der Waals surface area contributed by atoms with Gasteiger partial charge in [-0.2, -0.15) is 0 Å². The number of halogens is 2. The fourth-order valence-electron chi connectivity index (χ4n) is 6.75. The molecule has 2 unspecified atom stereocenters. The van der Waals surface area contributed by atoms with Gasteiger partial charge in [0, 0.05) is 0 Å². The summed E-state index contributed by atoms with van der Waals surface area (Å²) in [7, 11) is 0. The second kappa shape index (κ2) is 10.3. The predicted octanol–water partition coefficient (Wildman–Crippen LogP) is 2.17. The van der Waals surface area contributed by atoms with Gasteiger partial charge in [0.15, 0.2) is 0 Å². The molecule has 0 nitrogen and oxygen atoms in total. The SMILES string of the molecule is CCc1ccc(CC)c2c1C=C[CH]2[Zr+2]1([CH]2C=Cc3c(CC)ccc(CC)c32)[CH2]C[CH2]1.[Cl-].[Cl-]. The maximum atomic E-state index is 2.68. The first kappa shape index (κ1) is 26.0. The molecule has 0 aromatic heterocycles. The average Bonchev–Trinajstić information content (AvgIpc) is 3.38. The smallest absolute Gasteiger partial charge is 1.00 e. The summed E-state index contributed by atoms with van der Waals surface area (Å²) in [5.74, 6) is 0. The Labute approximate surface area is 212 Å². The Kier molecular flexibility index (Phi) is 8.39. The van der Waals surface area contributed by atoms with E-state index in [1.165, 1.54) is 19.3 Å². The summed E-state index contributed by atoms with van der Waals surface area (Å²) in [5.41, 5.74) is 13.1. The summed E-state index contributed by atoms with van der Waals surface area (Å²) in [4.78, 5) is 0. The van der Waals surface area contributed by atoms with Crippen molar-refractivity contribution in [3.8, 4) is 0 Å². The van der Waals surface area contributed by atoms with Gasteiger partial charge in [-0.3, -0.25) is 0 Å². The van der Waals surface area contributed by atoms with E-state index in [0.29, 0.717) is 0 Å². The number of aryl methyl sites for hydroxylation is 4. The third-order valence-electron chi connectivity index (χ3n) is 8.52. The van der Waals surface area contributed by atoms with Crippen molar-refractivity contribution >= 4 is 12.2 Å². The Balaban J connectivity index is 0.00000144. The molecule has 32 heavy (non-hydrogen) atoms. The summed E-state index contributed by atoms with van der Waals surface area (Å²) < 4.78 is 4.69. The minimum Gasteiger partial charge on any atom is -1.00 e. The molecular weight excluding hydrogens is 510 g/mol. The average molecular weight is 547 g/mol. The van der Waals surface area contributed by atoms with Crippen LogP contribution in [0.25, 0.3) is 12.2 Å². The van der Waals surface area contributed by atoms with Gasteiger partial charge in [0.1, 0.15) is 0 Å². The molecule has 170 valence electrons. The molecule has 1 heterocycles. The van der Waals surface area contributed by atoms with E-state index in [4.69, 9.17) is 0 Å². The molecule has 5 rings (SSSR count). The predicted molar refractivity (Wildman–Crippen MR) is 128 cm³/mol. The zero-order chi connectivity index (χ0) is 20.9. The van der Waals surface area contributed by atoms with Crippen molar-refractivity contribution in [2.45, 2.75) is 75.3 Å². The molecule has 0 saturated carbocycles. The van der Waals surface area contributed by atoms with E-state index in [1.54, 1.807) is 52.8 Å². The van der Waals surface area contributed by atoms with Gasteiger partial charge < -0.3 is 24.8 Å². The number of benzene rings is 2. The summed E-state index contributed by atoms with van der Waals surface area (Å²) in [6.07, 6.45) is 16.5. The van der Waals surface area contributed by atoms with Crippen LogP contribution >= 0.6 is 0 Å². The Morgan fingerprint density at radius 1 is 0.625 bits per heavy atom. The van der Waals surface area contributed by atoms with Crippen LogP contribution in [0.5, 0.6) is 0 Å². The Morgan fingerprint density at radius 3 is 1.31 bits per heavy atom. The molecule has 1 aliphatic heterocycles. The molecule has 0 bridgehead atoms. The van der Waals surface area contributed by atoms with Gasteiger partial charge in [-0.1, -0.05) is 0 Å². The van der Waals surface area contributed by atoms with E-state index in [0.717, 1.165) is 20.1 Å². The zero-order valence-electron chi connectivity index (χ0n) is 20.0. The van der Waals surface area contributed by atoms with Crippen LogP contribution in [0.2, 0.25) is 8.26 Å². The van der Waals surface area contributed by atoms with Crippen LogP contribution < -0.4 is 24.8 Å². The normalized spacial score (nSPS) is 20.4. The molecule has 0 radical (unpaired) electrons. The van der Waals surface area contributed by atoms with Gasteiger partial charge in [-0.15, -0.1) is 0 Å². The van der Waals surface area contributed by atoms with Crippen molar-refractivity contribution in [3.05, 3.63) is 80.9 Å². The first-order valence-electron chi connectivity index (χ1n) is 12.3. The molecular formula is C29H36Cl2Zr. The fraction of sp³-hybridized carbons (Fsp3) is 0.448. The van der Waals surface area contributed by atoms with Crippen molar-refractivity contribution in [1.82, 2.24) is 0 Å². The summed E-state index contributed by atoms with van der Waals surface area (Å²) >= 11 is -2.48. The summed E-state index contributed by atoms with van der Waals surface area (Å²) in [5, 5.41) is 0. The largest absolute Gasteiger partial charge is 1.00 e. The minimum atomic E-state index is -2.48. The summed E-state index contributed by atoms with van der Waals surface area (Å²) in [6.45, 7) is 9.35. The van der Waals surface area contributed by atoms with Gasteiger partial charge in [-0.05, 0) is 0 Å². The summed E-state index contributed by atoms with van der Waals surface area (Å²) in [6, 6.07) is 9.73. The number of fused-ring (bicyclic) bond motifs is 2. The molecule has 0 N–H and O–H groups in total. The minimum absolute atomic E-state index is 0. The first-order valence-corrected chi connectivity index (χ1v) is 18.7. The Hall–Kier alpha value is -0.617. The van der Waals surface area contributed by atoms with Crippen molar-refractivity contribution in [2.24, 2.45) is 0 Å². The molecule has 2 aliphatic carbocycles. The molecule has 3 aliphatic rings. The van der Waals surface area contributed by atoms with Gasteiger partial charge >= 0.3 is 189 Å². The second-order valence-corrected chi connectivity index (χ2v) is 21.2. The maximum Gasteiger partial charge on any atom is -1.00 e. The second-order valence-electron chi connectivity index (χ2n) is 9.60. The van der Waals surface area contributed by atoms with Crippen LogP contribution in [0.3, 0.4) is 0 Å². The van der Waals surface area contributed by atoms with Crippen molar-refractivity contribution in [2.75, 3.05) is 0 Å². The van der Waals surface area contributed by atoms with Crippen molar-refractivity contribution in [3.63, 3.8) is 0 Å². The third kappa shape index (κ3) is 3.76. The third-order valence-corrected chi connectivity index (χ3v) is 23.3. The molecule has 0 amide bonds. The van der Waals surface area contributed by atoms with Gasteiger partial charge in [0.05, 0.1) is 0 Å². The number of hydrogen-bond donors (Lipinski definition) is 0. The number of hydrogen-bond acceptors (Lipinski definition) is 0. The van der Waals surface area contributed by atoms with E-state index in [1.807, 2.05) is 0 Å². The molecule has 3 heteroatoms. The van der Waals surface area contributed by atoms with Crippen LogP contribution in [0.15, 0.2) is 36.4 Å². The van der Waals surface area contributed by atoms with Gasteiger partial charge in [0.25, 0.3) is 0 Å². The van der Waals surface area contributed by atoms with E-state index < -0.39 is 20.3 Å². The van der Waals surface area contributed by atoms with Crippen LogP contribution in [0, 0.1) is 0 Å².